The first-order chi connectivity index (χ1) is 13.9. The summed E-state index contributed by atoms with van der Waals surface area (Å²) in [6, 6.07) is -1.47. The number of likely N-dealkylation sites (tertiary alicyclic amines) is 1. The van der Waals surface area contributed by atoms with E-state index in [0.717, 1.165) is 12.8 Å². The zero-order valence-electron chi connectivity index (χ0n) is 18.9. The van der Waals surface area contributed by atoms with Gasteiger partial charge in [-0.15, -0.1) is 0 Å². The summed E-state index contributed by atoms with van der Waals surface area (Å²) in [4.78, 5) is 53.8. The minimum absolute atomic E-state index is 0.277. The lowest BCUT2D eigenvalue weighted by Crippen LogP contribution is -2.62. The molecule has 0 unspecified atom stereocenters. The lowest BCUT2D eigenvalue weighted by atomic mass is 9.92. The maximum atomic E-state index is 13.4. The highest BCUT2D eigenvalue weighted by molar-refractivity contribution is 5.96. The summed E-state index contributed by atoms with van der Waals surface area (Å²) in [7, 11) is 2.87. The number of nitrogens with one attached hydrogen (secondary N) is 1. The van der Waals surface area contributed by atoms with Gasteiger partial charge in [-0.2, -0.15) is 0 Å². The Morgan fingerprint density at radius 1 is 1.13 bits per heavy atom. The molecule has 0 bridgehead atoms. The predicted octanol–water partition coefficient (Wildman–Crippen LogP) is 1.83. The van der Waals surface area contributed by atoms with Crippen molar-refractivity contribution in [3.8, 4) is 0 Å². The summed E-state index contributed by atoms with van der Waals surface area (Å²) in [6.07, 6.45) is 3.33. The number of methoxy groups -OCH3 is 1. The van der Waals surface area contributed by atoms with Gasteiger partial charge in [0.2, 0.25) is 11.8 Å². The average molecular weight is 426 g/mol. The first-order valence-electron chi connectivity index (χ1n) is 10.6. The van der Waals surface area contributed by atoms with Gasteiger partial charge in [0.1, 0.15) is 23.2 Å². The summed E-state index contributed by atoms with van der Waals surface area (Å²) < 4.78 is 10.1. The molecule has 30 heavy (non-hydrogen) atoms. The topological polar surface area (TPSA) is 105 Å². The van der Waals surface area contributed by atoms with Crippen LogP contribution in [0, 0.1) is 0 Å². The standard InChI is InChI=1S/C21H35N3O6/c1-14(17(26)29-6)22-18(27)21(11-7-8-12-21)23(5)16(25)15-10-9-13-24(15)19(28)30-20(2,3)4/h14-15H,7-13H2,1-6H3,(H,22,27)/t14-,15-/m0/s1. The third-order valence-electron chi connectivity index (χ3n) is 5.89. The van der Waals surface area contributed by atoms with Gasteiger partial charge in [-0.25, -0.2) is 9.59 Å². The van der Waals surface area contributed by atoms with E-state index in [4.69, 9.17) is 4.74 Å². The van der Waals surface area contributed by atoms with Crippen LogP contribution in [0.1, 0.15) is 66.2 Å². The Bertz CT molecular complexity index is 681. The average Bonchev–Trinajstić information content (AvgIpc) is 3.34. The quantitative estimate of drug-likeness (QED) is 0.674. The van der Waals surface area contributed by atoms with E-state index in [1.807, 2.05) is 0 Å². The van der Waals surface area contributed by atoms with Gasteiger partial charge in [0, 0.05) is 13.6 Å². The van der Waals surface area contributed by atoms with Crippen molar-refractivity contribution in [1.82, 2.24) is 15.1 Å². The molecule has 1 saturated carbocycles. The third-order valence-corrected chi connectivity index (χ3v) is 5.89. The molecule has 3 amide bonds. The number of likely N-dealkylation sites (N-methyl/N-ethyl adjacent to an activating group) is 1. The maximum absolute atomic E-state index is 13.4. The molecule has 1 aliphatic heterocycles. The van der Waals surface area contributed by atoms with Crippen molar-refractivity contribution in [1.29, 1.82) is 0 Å². The summed E-state index contributed by atoms with van der Waals surface area (Å²) in [5.41, 5.74) is -1.70. The van der Waals surface area contributed by atoms with Crippen LogP contribution >= 0.6 is 0 Å². The molecule has 9 nitrogen and oxygen atoms in total. The number of nitrogens with zero attached hydrogens (tertiary/aromatic N) is 2. The molecule has 2 aliphatic rings. The fraction of sp³-hybridized carbons (Fsp3) is 0.810. The highest BCUT2D eigenvalue weighted by Gasteiger charge is 2.50. The van der Waals surface area contributed by atoms with Gasteiger partial charge < -0.3 is 19.7 Å². The number of amides is 3. The van der Waals surface area contributed by atoms with Gasteiger partial charge in [-0.05, 0) is 53.4 Å². The Morgan fingerprint density at radius 3 is 2.27 bits per heavy atom. The molecule has 0 spiro atoms. The van der Waals surface area contributed by atoms with Crippen molar-refractivity contribution < 1.29 is 28.7 Å². The van der Waals surface area contributed by atoms with Gasteiger partial charge in [-0.3, -0.25) is 14.5 Å². The van der Waals surface area contributed by atoms with Gasteiger partial charge in [0.25, 0.3) is 0 Å². The summed E-state index contributed by atoms with van der Waals surface area (Å²) in [5, 5.41) is 2.69. The van der Waals surface area contributed by atoms with Crippen LogP contribution in [0.4, 0.5) is 4.79 Å². The normalized spacial score (nSPS) is 21.7. The molecule has 1 heterocycles. The summed E-state index contributed by atoms with van der Waals surface area (Å²) in [5.74, 6) is -1.19. The highest BCUT2D eigenvalue weighted by atomic mass is 16.6. The minimum atomic E-state index is -1.04. The molecule has 0 aromatic rings. The second-order valence-electron chi connectivity index (χ2n) is 9.19. The lowest BCUT2D eigenvalue weighted by Gasteiger charge is -2.40. The number of ether oxygens (including phenoxy) is 2. The Morgan fingerprint density at radius 2 is 1.73 bits per heavy atom. The largest absolute Gasteiger partial charge is 0.467 e. The van der Waals surface area contributed by atoms with E-state index in [1.54, 1.807) is 34.7 Å². The van der Waals surface area contributed by atoms with Crippen LogP contribution in [0.15, 0.2) is 0 Å². The number of hydrogen-bond donors (Lipinski definition) is 1. The molecule has 9 heteroatoms. The molecule has 2 fully saturated rings. The number of hydrogen-bond acceptors (Lipinski definition) is 6. The number of rotatable bonds is 5. The summed E-state index contributed by atoms with van der Waals surface area (Å²) in [6.45, 7) is 7.34. The fourth-order valence-corrected chi connectivity index (χ4v) is 4.24. The monoisotopic (exact) mass is 425 g/mol. The smallest absolute Gasteiger partial charge is 0.410 e. The molecule has 0 radical (unpaired) electrons. The van der Waals surface area contributed by atoms with Crippen molar-refractivity contribution in [2.45, 2.75) is 89.4 Å². The van der Waals surface area contributed by atoms with E-state index in [-0.39, 0.29) is 11.8 Å². The second kappa shape index (κ2) is 9.22. The molecule has 0 aromatic heterocycles. The van der Waals surface area contributed by atoms with Gasteiger partial charge in [0.15, 0.2) is 0 Å². The molecule has 1 N–H and O–H groups in total. The van der Waals surface area contributed by atoms with E-state index in [2.05, 4.69) is 10.1 Å². The SMILES string of the molecule is COC(=O)[C@H](C)NC(=O)C1(N(C)C(=O)[C@@H]2CCCN2C(=O)OC(C)(C)C)CCCC1. The van der Waals surface area contributed by atoms with Crippen molar-refractivity contribution in [3.05, 3.63) is 0 Å². The molecule has 1 aliphatic carbocycles. The zero-order valence-corrected chi connectivity index (χ0v) is 18.9. The van der Waals surface area contributed by atoms with Crippen LogP contribution in [-0.2, 0) is 23.9 Å². The van der Waals surface area contributed by atoms with Crippen LogP contribution in [0.2, 0.25) is 0 Å². The van der Waals surface area contributed by atoms with Gasteiger partial charge in [0.05, 0.1) is 7.11 Å². The maximum Gasteiger partial charge on any atom is 0.410 e. The van der Waals surface area contributed by atoms with Crippen molar-refractivity contribution in [3.63, 3.8) is 0 Å². The van der Waals surface area contributed by atoms with Gasteiger partial charge in [-0.1, -0.05) is 12.8 Å². The molecule has 2 rings (SSSR count). The molecular formula is C21H35N3O6. The van der Waals surface area contributed by atoms with Crippen molar-refractivity contribution >= 4 is 23.9 Å². The Kier molecular flexibility index (Phi) is 7.36. The van der Waals surface area contributed by atoms with E-state index in [9.17, 15) is 19.2 Å². The first-order valence-corrected chi connectivity index (χ1v) is 10.6. The third kappa shape index (κ3) is 5.05. The van der Waals surface area contributed by atoms with Crippen LogP contribution in [0.5, 0.6) is 0 Å². The predicted molar refractivity (Wildman–Crippen MR) is 110 cm³/mol. The molecule has 1 saturated heterocycles. The van der Waals surface area contributed by atoms with E-state index < -0.39 is 35.3 Å². The second-order valence-corrected chi connectivity index (χ2v) is 9.19. The number of esters is 1. The van der Waals surface area contributed by atoms with Crippen LogP contribution < -0.4 is 5.32 Å². The molecular weight excluding hydrogens is 390 g/mol. The van der Waals surface area contributed by atoms with E-state index in [0.29, 0.717) is 32.2 Å². The zero-order chi connectivity index (χ0) is 22.7. The molecule has 2 atom stereocenters. The molecule has 170 valence electrons. The van der Waals surface area contributed by atoms with Crippen molar-refractivity contribution in [2.24, 2.45) is 0 Å². The fourth-order valence-electron chi connectivity index (χ4n) is 4.24. The van der Waals surface area contributed by atoms with E-state index in [1.165, 1.54) is 16.9 Å². The van der Waals surface area contributed by atoms with Crippen LogP contribution in [-0.4, -0.2) is 77.6 Å². The lowest BCUT2D eigenvalue weighted by molar-refractivity contribution is -0.151. The number of carbonyl (C=O) groups is 4. The number of carbonyl (C=O) groups excluding carboxylic acids is 4. The Hall–Kier alpha value is -2.32. The highest BCUT2D eigenvalue weighted by Crippen LogP contribution is 2.36. The Balaban J connectivity index is 2.19. The van der Waals surface area contributed by atoms with Crippen LogP contribution in [0.3, 0.4) is 0 Å². The first kappa shape index (κ1) is 24.0. The van der Waals surface area contributed by atoms with Crippen molar-refractivity contribution in [2.75, 3.05) is 20.7 Å². The van der Waals surface area contributed by atoms with Gasteiger partial charge >= 0.3 is 12.1 Å². The van der Waals surface area contributed by atoms with E-state index >= 15 is 0 Å². The minimum Gasteiger partial charge on any atom is -0.467 e. The van der Waals surface area contributed by atoms with Crippen LogP contribution in [0.25, 0.3) is 0 Å². The molecule has 0 aromatic carbocycles. The Labute approximate surface area is 178 Å². The summed E-state index contributed by atoms with van der Waals surface area (Å²) >= 11 is 0.